The van der Waals surface area contributed by atoms with Crippen molar-refractivity contribution in [3.05, 3.63) is 106 Å². The van der Waals surface area contributed by atoms with Crippen molar-refractivity contribution in [3.8, 4) is 5.75 Å². The highest BCUT2D eigenvalue weighted by Gasteiger charge is 2.22. The van der Waals surface area contributed by atoms with Crippen LogP contribution in [0.5, 0.6) is 5.75 Å². The number of nitrogens with one attached hydrogen (secondary N) is 1. The molecule has 0 bridgehead atoms. The molecule has 0 aliphatic heterocycles. The molecule has 1 unspecified atom stereocenters. The lowest BCUT2D eigenvalue weighted by atomic mass is 9.92. The van der Waals surface area contributed by atoms with E-state index in [1.165, 1.54) is 5.56 Å². The van der Waals surface area contributed by atoms with E-state index in [2.05, 4.69) is 11.9 Å². The summed E-state index contributed by atoms with van der Waals surface area (Å²) in [5.41, 5.74) is 5.39. The minimum atomic E-state index is -0.661. The first-order valence-corrected chi connectivity index (χ1v) is 12.2. The molecular formula is C29H30N2O5. The summed E-state index contributed by atoms with van der Waals surface area (Å²) in [6, 6.07) is 19.0. The monoisotopic (exact) mass is 486 g/mol. The van der Waals surface area contributed by atoms with Gasteiger partial charge < -0.3 is 9.15 Å². The SMILES string of the molecule is CCc1ccc2oc(=O)c(CC(Cc3cccc(OCCCc4ccncc4)c3)C(=O)NO)cc2c1. The van der Waals surface area contributed by atoms with Crippen LogP contribution in [0.25, 0.3) is 11.0 Å². The summed E-state index contributed by atoms with van der Waals surface area (Å²) in [6.07, 6.45) is 6.65. The number of nitrogens with zero attached hydrogens (tertiary/aromatic N) is 1. The van der Waals surface area contributed by atoms with Gasteiger partial charge in [-0.25, -0.2) is 10.3 Å². The van der Waals surface area contributed by atoms with Crippen molar-refractivity contribution >= 4 is 16.9 Å². The van der Waals surface area contributed by atoms with Crippen LogP contribution < -0.4 is 15.8 Å². The van der Waals surface area contributed by atoms with Crippen LogP contribution in [0.1, 0.15) is 35.6 Å². The summed E-state index contributed by atoms with van der Waals surface area (Å²) in [6.45, 7) is 2.62. The van der Waals surface area contributed by atoms with Gasteiger partial charge in [-0.05, 0) is 91.3 Å². The molecule has 2 N–H and O–H groups in total. The number of carbonyl (C=O) groups excluding carboxylic acids is 1. The Morgan fingerprint density at radius 1 is 1.03 bits per heavy atom. The van der Waals surface area contributed by atoms with Crippen LogP contribution in [-0.2, 0) is 30.5 Å². The van der Waals surface area contributed by atoms with Crippen molar-refractivity contribution in [2.45, 2.75) is 39.0 Å². The largest absolute Gasteiger partial charge is 0.494 e. The number of hydrogen-bond acceptors (Lipinski definition) is 6. The van der Waals surface area contributed by atoms with Gasteiger partial charge in [0.1, 0.15) is 11.3 Å². The third kappa shape index (κ3) is 6.58. The minimum Gasteiger partial charge on any atom is -0.494 e. The molecule has 2 aromatic carbocycles. The van der Waals surface area contributed by atoms with Crippen molar-refractivity contribution in [2.75, 3.05) is 6.61 Å². The first kappa shape index (κ1) is 25.1. The molecule has 186 valence electrons. The third-order valence-corrected chi connectivity index (χ3v) is 6.23. The van der Waals surface area contributed by atoms with Gasteiger partial charge in [-0.1, -0.05) is 25.1 Å². The van der Waals surface area contributed by atoms with Crippen molar-refractivity contribution < 1.29 is 19.2 Å². The molecule has 7 heteroatoms. The highest BCUT2D eigenvalue weighted by molar-refractivity contribution is 5.79. The fourth-order valence-corrected chi connectivity index (χ4v) is 4.25. The second kappa shape index (κ2) is 12.1. The number of aryl methyl sites for hydroxylation is 2. The Kier molecular flexibility index (Phi) is 8.47. The molecule has 1 atom stereocenters. The normalized spacial score (nSPS) is 11.8. The Bertz CT molecular complexity index is 1370. The summed E-state index contributed by atoms with van der Waals surface area (Å²) >= 11 is 0. The average Bonchev–Trinajstić information content (AvgIpc) is 2.91. The molecule has 0 fully saturated rings. The number of hydrogen-bond donors (Lipinski definition) is 2. The maximum atomic E-state index is 12.6. The highest BCUT2D eigenvalue weighted by Crippen LogP contribution is 2.21. The molecule has 0 saturated heterocycles. The van der Waals surface area contributed by atoms with Crippen LogP contribution in [0, 0.1) is 5.92 Å². The first-order valence-electron chi connectivity index (χ1n) is 12.2. The van der Waals surface area contributed by atoms with Gasteiger partial charge in [-0.2, -0.15) is 0 Å². The number of hydroxylamine groups is 1. The van der Waals surface area contributed by atoms with E-state index >= 15 is 0 Å². The Morgan fingerprint density at radius 3 is 2.64 bits per heavy atom. The van der Waals surface area contributed by atoms with Gasteiger partial charge in [0.15, 0.2) is 0 Å². The molecule has 2 heterocycles. The molecule has 0 spiro atoms. The third-order valence-electron chi connectivity index (χ3n) is 6.23. The number of aromatic nitrogens is 1. The summed E-state index contributed by atoms with van der Waals surface area (Å²) < 4.78 is 11.4. The zero-order valence-corrected chi connectivity index (χ0v) is 20.3. The molecule has 2 aromatic heterocycles. The lowest BCUT2D eigenvalue weighted by Gasteiger charge is -2.16. The molecule has 1 amide bonds. The molecule has 0 aliphatic carbocycles. The van der Waals surface area contributed by atoms with E-state index in [4.69, 9.17) is 9.15 Å². The van der Waals surface area contributed by atoms with Gasteiger partial charge in [0.2, 0.25) is 5.91 Å². The minimum absolute atomic E-state index is 0.137. The predicted octanol–water partition coefficient (Wildman–Crippen LogP) is 4.67. The van der Waals surface area contributed by atoms with E-state index in [-0.39, 0.29) is 6.42 Å². The van der Waals surface area contributed by atoms with Crippen molar-refractivity contribution in [1.29, 1.82) is 0 Å². The standard InChI is InChI=1S/C29H30N2O5/c1-2-20-8-9-27-23(15-20)18-25(29(33)36-27)19-24(28(32)31-34)16-22-5-3-7-26(17-22)35-14-4-6-21-10-12-30-13-11-21/h3,5,7-13,15,17-18,24,34H,2,4,6,14,16,19H2,1H3,(H,31,32). The smallest absolute Gasteiger partial charge is 0.339 e. The second-order valence-electron chi connectivity index (χ2n) is 8.82. The maximum absolute atomic E-state index is 12.6. The highest BCUT2D eigenvalue weighted by atomic mass is 16.5. The Balaban J connectivity index is 1.44. The van der Waals surface area contributed by atoms with Crippen molar-refractivity contribution in [3.63, 3.8) is 0 Å². The zero-order chi connectivity index (χ0) is 25.3. The van der Waals surface area contributed by atoms with E-state index < -0.39 is 17.5 Å². The number of ether oxygens (including phenoxy) is 1. The zero-order valence-electron chi connectivity index (χ0n) is 20.3. The van der Waals surface area contributed by atoms with Crippen molar-refractivity contribution in [1.82, 2.24) is 10.5 Å². The molecule has 7 nitrogen and oxygen atoms in total. The number of rotatable bonds is 11. The number of fused-ring (bicyclic) bond motifs is 1. The summed E-state index contributed by atoms with van der Waals surface area (Å²) in [5.74, 6) is -0.505. The van der Waals surface area contributed by atoms with Gasteiger partial charge in [-0.3, -0.25) is 15.0 Å². The van der Waals surface area contributed by atoms with Crippen molar-refractivity contribution in [2.24, 2.45) is 5.92 Å². The molecule has 0 saturated carbocycles. The second-order valence-corrected chi connectivity index (χ2v) is 8.82. The summed E-state index contributed by atoms with van der Waals surface area (Å²) in [4.78, 5) is 29.1. The van der Waals surface area contributed by atoms with E-state index in [0.29, 0.717) is 29.9 Å². The van der Waals surface area contributed by atoms with E-state index in [1.807, 2.05) is 48.5 Å². The van der Waals surface area contributed by atoms with Gasteiger partial charge >= 0.3 is 5.63 Å². The lowest BCUT2D eigenvalue weighted by molar-refractivity contribution is -0.133. The molecule has 4 aromatic rings. The van der Waals surface area contributed by atoms with Gasteiger partial charge in [0, 0.05) is 29.3 Å². The Morgan fingerprint density at radius 2 is 1.86 bits per heavy atom. The number of carbonyl (C=O) groups is 1. The fourth-order valence-electron chi connectivity index (χ4n) is 4.25. The van der Waals surface area contributed by atoms with E-state index in [0.717, 1.165) is 35.8 Å². The fraction of sp³-hybridized carbons (Fsp3) is 0.276. The number of benzene rings is 2. The molecule has 0 aliphatic rings. The molecule has 0 radical (unpaired) electrons. The van der Waals surface area contributed by atoms with E-state index in [1.54, 1.807) is 30.0 Å². The van der Waals surface area contributed by atoms with Crippen LogP contribution >= 0.6 is 0 Å². The summed E-state index contributed by atoms with van der Waals surface area (Å²) in [5, 5.41) is 10.1. The van der Waals surface area contributed by atoms with E-state index in [9.17, 15) is 14.8 Å². The van der Waals surface area contributed by atoms with Crippen LogP contribution in [0.15, 0.2) is 82.3 Å². The topological polar surface area (TPSA) is 102 Å². The van der Waals surface area contributed by atoms with Crippen LogP contribution in [0.2, 0.25) is 0 Å². The number of amides is 1. The van der Waals surface area contributed by atoms with Crippen LogP contribution in [0.3, 0.4) is 0 Å². The number of pyridine rings is 1. The molecular weight excluding hydrogens is 456 g/mol. The van der Waals surface area contributed by atoms with Gasteiger partial charge in [-0.15, -0.1) is 0 Å². The van der Waals surface area contributed by atoms with Gasteiger partial charge in [0.25, 0.3) is 0 Å². The quantitative estimate of drug-likeness (QED) is 0.138. The Labute approximate surface area is 209 Å². The van der Waals surface area contributed by atoms with Gasteiger partial charge in [0.05, 0.1) is 6.61 Å². The lowest BCUT2D eigenvalue weighted by Crippen LogP contribution is -2.32. The van der Waals surface area contributed by atoms with Crippen LogP contribution in [-0.4, -0.2) is 22.7 Å². The first-order chi connectivity index (χ1) is 17.6. The predicted molar refractivity (Wildman–Crippen MR) is 137 cm³/mol. The average molecular weight is 487 g/mol. The Hall–Kier alpha value is -3.97. The maximum Gasteiger partial charge on any atom is 0.339 e. The van der Waals surface area contributed by atoms with Crippen LogP contribution in [0.4, 0.5) is 0 Å². The molecule has 4 rings (SSSR count). The molecule has 36 heavy (non-hydrogen) atoms. The summed E-state index contributed by atoms with van der Waals surface area (Å²) in [7, 11) is 0.